The van der Waals surface area contributed by atoms with Crippen LogP contribution in [0.25, 0.3) is 16.9 Å². The van der Waals surface area contributed by atoms with Crippen LogP contribution in [-0.4, -0.2) is 9.38 Å². The topological polar surface area (TPSA) is 43.3 Å². The summed E-state index contributed by atoms with van der Waals surface area (Å²) in [6, 6.07) is 12.0. The Morgan fingerprint density at radius 2 is 1.95 bits per heavy atom. The van der Waals surface area contributed by atoms with Gasteiger partial charge in [-0.05, 0) is 18.1 Å². The number of rotatable bonds is 3. The molecular formula is C16H16ClN3. The zero-order chi connectivity index (χ0) is 14.1. The Balaban J connectivity index is 2.07. The zero-order valence-electron chi connectivity index (χ0n) is 11.3. The van der Waals surface area contributed by atoms with E-state index in [0.29, 0.717) is 10.8 Å². The average Bonchev–Trinajstić information content (AvgIpc) is 2.77. The number of aryl methyl sites for hydroxylation is 1. The Labute approximate surface area is 123 Å². The van der Waals surface area contributed by atoms with Gasteiger partial charge in [-0.1, -0.05) is 49.2 Å². The zero-order valence-corrected chi connectivity index (χ0v) is 12.1. The third-order valence-electron chi connectivity index (χ3n) is 3.39. The minimum absolute atomic E-state index is 0.639. The van der Waals surface area contributed by atoms with E-state index >= 15 is 0 Å². The summed E-state index contributed by atoms with van der Waals surface area (Å²) in [5.74, 6) is 0.639. The fraction of sp³-hybridized carbons (Fsp3) is 0.188. The van der Waals surface area contributed by atoms with Crippen LogP contribution in [0.4, 0.5) is 5.82 Å². The number of halogens is 1. The van der Waals surface area contributed by atoms with Crippen LogP contribution >= 0.6 is 11.6 Å². The highest BCUT2D eigenvalue weighted by atomic mass is 35.5. The average molecular weight is 286 g/mol. The van der Waals surface area contributed by atoms with Gasteiger partial charge in [0.25, 0.3) is 0 Å². The van der Waals surface area contributed by atoms with Crippen molar-refractivity contribution in [1.29, 1.82) is 0 Å². The molecule has 0 radical (unpaired) electrons. The van der Waals surface area contributed by atoms with Crippen LogP contribution in [0.2, 0.25) is 5.02 Å². The monoisotopic (exact) mass is 285 g/mol. The second-order valence-electron chi connectivity index (χ2n) is 4.87. The molecule has 0 aliphatic rings. The van der Waals surface area contributed by atoms with Crippen molar-refractivity contribution in [2.45, 2.75) is 19.8 Å². The first kappa shape index (κ1) is 13.0. The predicted octanol–water partition coefficient (Wildman–Crippen LogP) is 4.19. The van der Waals surface area contributed by atoms with Crippen LogP contribution in [0, 0.1) is 0 Å². The molecule has 0 unspecified atom stereocenters. The van der Waals surface area contributed by atoms with Crippen molar-refractivity contribution in [3.05, 3.63) is 53.2 Å². The van der Waals surface area contributed by atoms with Crippen molar-refractivity contribution >= 4 is 23.1 Å². The van der Waals surface area contributed by atoms with E-state index < -0.39 is 0 Å². The van der Waals surface area contributed by atoms with E-state index in [2.05, 4.69) is 36.2 Å². The van der Waals surface area contributed by atoms with Gasteiger partial charge in [-0.2, -0.15) is 0 Å². The smallest absolute Gasteiger partial charge is 0.140 e. The van der Waals surface area contributed by atoms with Gasteiger partial charge in [-0.25, -0.2) is 4.98 Å². The molecule has 102 valence electrons. The Morgan fingerprint density at radius 3 is 2.65 bits per heavy atom. The van der Waals surface area contributed by atoms with Gasteiger partial charge in [0.2, 0.25) is 0 Å². The maximum atomic E-state index is 6.18. The van der Waals surface area contributed by atoms with E-state index in [-0.39, 0.29) is 0 Å². The third-order valence-corrected chi connectivity index (χ3v) is 3.63. The van der Waals surface area contributed by atoms with Gasteiger partial charge in [-0.3, -0.25) is 4.40 Å². The molecule has 2 heterocycles. The Bertz CT molecular complexity index is 744. The van der Waals surface area contributed by atoms with E-state index in [4.69, 9.17) is 17.3 Å². The molecule has 3 rings (SSSR count). The highest BCUT2D eigenvalue weighted by molar-refractivity contribution is 6.30. The summed E-state index contributed by atoms with van der Waals surface area (Å²) in [5.41, 5.74) is 10.1. The second-order valence-corrected chi connectivity index (χ2v) is 5.30. The lowest BCUT2D eigenvalue weighted by Gasteiger charge is -2.02. The quantitative estimate of drug-likeness (QED) is 0.784. The summed E-state index contributed by atoms with van der Waals surface area (Å²) in [4.78, 5) is 4.57. The summed E-state index contributed by atoms with van der Waals surface area (Å²) in [7, 11) is 0. The number of hydrogen-bond donors (Lipinski definition) is 1. The molecule has 2 aromatic heterocycles. The molecule has 3 aromatic rings. The Morgan fingerprint density at radius 1 is 1.20 bits per heavy atom. The van der Waals surface area contributed by atoms with Crippen molar-refractivity contribution in [3.63, 3.8) is 0 Å². The highest BCUT2D eigenvalue weighted by Gasteiger charge is 2.11. The van der Waals surface area contributed by atoms with Crippen LogP contribution in [-0.2, 0) is 6.42 Å². The molecule has 0 amide bonds. The molecule has 0 fully saturated rings. The molecule has 0 atom stereocenters. The lowest BCUT2D eigenvalue weighted by Crippen LogP contribution is -1.93. The maximum Gasteiger partial charge on any atom is 0.140 e. The molecule has 0 saturated heterocycles. The van der Waals surface area contributed by atoms with Crippen molar-refractivity contribution < 1.29 is 0 Å². The molecular weight excluding hydrogens is 270 g/mol. The number of nitrogens with zero attached hydrogens (tertiary/aromatic N) is 2. The second kappa shape index (κ2) is 5.17. The van der Waals surface area contributed by atoms with E-state index in [9.17, 15) is 0 Å². The van der Waals surface area contributed by atoms with E-state index in [1.54, 1.807) is 6.07 Å². The molecule has 3 nitrogen and oxygen atoms in total. The summed E-state index contributed by atoms with van der Waals surface area (Å²) >= 11 is 5.99. The van der Waals surface area contributed by atoms with Gasteiger partial charge in [0, 0.05) is 22.8 Å². The number of hydrogen-bond acceptors (Lipinski definition) is 2. The van der Waals surface area contributed by atoms with Crippen molar-refractivity contribution in [2.24, 2.45) is 0 Å². The van der Waals surface area contributed by atoms with Gasteiger partial charge in [-0.15, -0.1) is 0 Å². The number of fused-ring (bicyclic) bond motifs is 1. The Kier molecular flexibility index (Phi) is 3.36. The molecule has 4 heteroatoms. The summed E-state index contributed by atoms with van der Waals surface area (Å²) in [6.45, 7) is 2.18. The largest absolute Gasteiger partial charge is 0.383 e. The standard InChI is InChI=1S/C16H16ClN3/c1-2-3-11-4-6-12(7-5-11)15-16(18)20-9-8-13(17)10-14(20)19-15/h4-10H,2-3,18H2,1H3. The Hall–Kier alpha value is -2.00. The minimum Gasteiger partial charge on any atom is -0.383 e. The number of imidazole rings is 1. The van der Waals surface area contributed by atoms with Gasteiger partial charge in [0.1, 0.15) is 17.2 Å². The molecule has 0 aliphatic heterocycles. The van der Waals surface area contributed by atoms with Crippen molar-refractivity contribution in [1.82, 2.24) is 9.38 Å². The molecule has 20 heavy (non-hydrogen) atoms. The van der Waals surface area contributed by atoms with Crippen LogP contribution in [0.1, 0.15) is 18.9 Å². The number of anilines is 1. The molecule has 0 aliphatic carbocycles. The van der Waals surface area contributed by atoms with Crippen molar-refractivity contribution in [2.75, 3.05) is 5.73 Å². The van der Waals surface area contributed by atoms with Crippen LogP contribution in [0.15, 0.2) is 42.6 Å². The first-order chi connectivity index (χ1) is 9.69. The summed E-state index contributed by atoms with van der Waals surface area (Å²) < 4.78 is 1.85. The number of nitrogen functional groups attached to an aromatic ring is 1. The summed E-state index contributed by atoms with van der Waals surface area (Å²) in [6.07, 6.45) is 4.08. The van der Waals surface area contributed by atoms with Crippen LogP contribution in [0.5, 0.6) is 0 Å². The van der Waals surface area contributed by atoms with Crippen molar-refractivity contribution in [3.8, 4) is 11.3 Å². The predicted molar refractivity (Wildman–Crippen MR) is 84.0 cm³/mol. The lowest BCUT2D eigenvalue weighted by molar-refractivity contribution is 0.922. The number of benzene rings is 1. The molecule has 0 saturated carbocycles. The lowest BCUT2D eigenvalue weighted by atomic mass is 10.1. The third kappa shape index (κ3) is 2.25. The normalized spacial score (nSPS) is 11.1. The van der Waals surface area contributed by atoms with E-state index in [0.717, 1.165) is 29.7 Å². The van der Waals surface area contributed by atoms with Gasteiger partial charge >= 0.3 is 0 Å². The van der Waals surface area contributed by atoms with E-state index in [1.807, 2.05) is 16.7 Å². The molecule has 2 N–H and O–H groups in total. The van der Waals surface area contributed by atoms with Gasteiger partial charge in [0.15, 0.2) is 0 Å². The van der Waals surface area contributed by atoms with Crippen LogP contribution < -0.4 is 5.73 Å². The fourth-order valence-corrected chi connectivity index (χ4v) is 2.52. The maximum absolute atomic E-state index is 6.18. The van der Waals surface area contributed by atoms with Gasteiger partial charge < -0.3 is 5.73 Å². The van der Waals surface area contributed by atoms with Gasteiger partial charge in [0.05, 0.1) is 0 Å². The molecule has 1 aromatic carbocycles. The first-order valence-electron chi connectivity index (χ1n) is 6.71. The first-order valence-corrected chi connectivity index (χ1v) is 7.09. The summed E-state index contributed by atoms with van der Waals surface area (Å²) in [5, 5.41) is 0.660. The molecule has 0 spiro atoms. The molecule has 0 bridgehead atoms. The number of nitrogens with two attached hydrogens (primary N) is 1. The number of pyridine rings is 1. The fourth-order valence-electron chi connectivity index (χ4n) is 2.37. The van der Waals surface area contributed by atoms with E-state index in [1.165, 1.54) is 5.56 Å². The highest BCUT2D eigenvalue weighted by Crippen LogP contribution is 2.27. The van der Waals surface area contributed by atoms with Crippen LogP contribution in [0.3, 0.4) is 0 Å². The number of aromatic nitrogens is 2. The SMILES string of the molecule is CCCc1ccc(-c2nc3cc(Cl)ccn3c2N)cc1. The minimum atomic E-state index is 0.639.